The van der Waals surface area contributed by atoms with Crippen LogP contribution in [0.15, 0.2) is 0 Å². The van der Waals surface area contributed by atoms with E-state index >= 15 is 0 Å². The lowest BCUT2D eigenvalue weighted by atomic mass is 10.0. The van der Waals surface area contributed by atoms with Crippen molar-refractivity contribution in [2.24, 2.45) is 11.3 Å². The Bertz CT molecular complexity index is 242. The van der Waals surface area contributed by atoms with Crippen LogP contribution < -0.4 is 5.32 Å². The van der Waals surface area contributed by atoms with Crippen LogP contribution >= 0.6 is 0 Å². The van der Waals surface area contributed by atoms with Gasteiger partial charge in [0.2, 0.25) is 0 Å². The molecular formula is C16H33NO3. The first-order valence-electron chi connectivity index (χ1n) is 8.03. The number of ether oxygens (including phenoxy) is 2. The van der Waals surface area contributed by atoms with Crippen molar-refractivity contribution in [1.29, 1.82) is 0 Å². The quantitative estimate of drug-likeness (QED) is 0.510. The smallest absolute Gasteiger partial charge is 0.0897 e. The van der Waals surface area contributed by atoms with Crippen molar-refractivity contribution in [1.82, 2.24) is 5.32 Å². The maximum absolute atomic E-state index is 9.84. The molecule has 1 rings (SSSR count). The van der Waals surface area contributed by atoms with Crippen LogP contribution in [0.3, 0.4) is 0 Å². The second-order valence-electron chi connectivity index (χ2n) is 6.64. The molecule has 20 heavy (non-hydrogen) atoms. The first kappa shape index (κ1) is 17.9. The van der Waals surface area contributed by atoms with Crippen molar-refractivity contribution in [3.8, 4) is 0 Å². The van der Waals surface area contributed by atoms with E-state index in [-0.39, 0.29) is 0 Å². The van der Waals surface area contributed by atoms with Gasteiger partial charge < -0.3 is 19.9 Å². The topological polar surface area (TPSA) is 50.7 Å². The minimum absolute atomic E-state index is 0.396. The van der Waals surface area contributed by atoms with Crippen LogP contribution in [0.25, 0.3) is 0 Å². The SMILES string of the molecule is COCCC1(CNCC(O)COCCCC(C)C)CC1. The predicted octanol–water partition coefficient (Wildman–Crippen LogP) is 2.21. The van der Waals surface area contributed by atoms with Gasteiger partial charge in [0.15, 0.2) is 0 Å². The molecule has 0 aromatic rings. The first-order chi connectivity index (χ1) is 9.58. The van der Waals surface area contributed by atoms with E-state index in [2.05, 4.69) is 19.2 Å². The number of hydrogen-bond acceptors (Lipinski definition) is 4. The van der Waals surface area contributed by atoms with Gasteiger partial charge in [-0.1, -0.05) is 13.8 Å². The fourth-order valence-electron chi connectivity index (χ4n) is 2.39. The molecule has 0 aromatic carbocycles. The van der Waals surface area contributed by atoms with Gasteiger partial charge in [-0.2, -0.15) is 0 Å². The number of nitrogens with one attached hydrogen (secondary N) is 1. The highest BCUT2D eigenvalue weighted by Gasteiger charge is 2.41. The Morgan fingerprint density at radius 3 is 2.60 bits per heavy atom. The largest absolute Gasteiger partial charge is 0.389 e. The third-order valence-electron chi connectivity index (χ3n) is 4.05. The lowest BCUT2D eigenvalue weighted by Gasteiger charge is -2.17. The summed E-state index contributed by atoms with van der Waals surface area (Å²) in [6, 6.07) is 0. The summed E-state index contributed by atoms with van der Waals surface area (Å²) in [6.07, 6.45) is 5.57. The van der Waals surface area contributed by atoms with E-state index in [1.807, 2.05) is 0 Å². The van der Waals surface area contributed by atoms with Crippen molar-refractivity contribution in [2.45, 2.75) is 52.1 Å². The summed E-state index contributed by atoms with van der Waals surface area (Å²) in [7, 11) is 1.75. The number of methoxy groups -OCH3 is 1. The normalized spacial score (nSPS) is 18.4. The molecule has 1 aliphatic rings. The molecule has 0 bridgehead atoms. The molecule has 120 valence electrons. The Labute approximate surface area is 124 Å². The van der Waals surface area contributed by atoms with Crippen molar-refractivity contribution >= 4 is 0 Å². The number of aliphatic hydroxyl groups excluding tert-OH is 1. The van der Waals surface area contributed by atoms with Crippen molar-refractivity contribution in [2.75, 3.05) is 40.0 Å². The van der Waals surface area contributed by atoms with Crippen LogP contribution in [0, 0.1) is 11.3 Å². The average Bonchev–Trinajstić information content (AvgIpc) is 3.16. The fraction of sp³-hybridized carbons (Fsp3) is 1.00. The van der Waals surface area contributed by atoms with Gasteiger partial charge in [0.05, 0.1) is 12.7 Å². The third-order valence-corrected chi connectivity index (χ3v) is 4.05. The summed E-state index contributed by atoms with van der Waals surface area (Å²) in [4.78, 5) is 0. The minimum atomic E-state index is -0.396. The molecule has 0 heterocycles. The molecule has 1 fully saturated rings. The number of rotatable bonds is 13. The van der Waals surface area contributed by atoms with Crippen molar-refractivity contribution in [3.63, 3.8) is 0 Å². The highest BCUT2D eigenvalue weighted by atomic mass is 16.5. The minimum Gasteiger partial charge on any atom is -0.389 e. The summed E-state index contributed by atoms with van der Waals surface area (Å²) in [5, 5.41) is 13.2. The van der Waals surface area contributed by atoms with E-state index in [4.69, 9.17) is 9.47 Å². The van der Waals surface area contributed by atoms with Crippen LogP contribution in [0.2, 0.25) is 0 Å². The third kappa shape index (κ3) is 8.20. The van der Waals surface area contributed by atoms with Gasteiger partial charge in [-0.15, -0.1) is 0 Å². The molecule has 4 nitrogen and oxygen atoms in total. The lowest BCUT2D eigenvalue weighted by molar-refractivity contribution is 0.0340. The van der Waals surface area contributed by atoms with E-state index in [9.17, 15) is 5.11 Å². The summed E-state index contributed by atoms with van der Waals surface area (Å²) in [6.45, 7) is 8.08. The number of aliphatic hydroxyl groups is 1. The molecule has 1 atom stereocenters. The summed E-state index contributed by atoms with van der Waals surface area (Å²) in [5.74, 6) is 0.729. The Morgan fingerprint density at radius 2 is 2.00 bits per heavy atom. The van der Waals surface area contributed by atoms with E-state index in [0.29, 0.717) is 18.6 Å². The van der Waals surface area contributed by atoms with Gasteiger partial charge in [0, 0.05) is 33.4 Å². The van der Waals surface area contributed by atoms with Crippen LogP contribution in [0.1, 0.15) is 46.0 Å². The Hall–Kier alpha value is -0.160. The van der Waals surface area contributed by atoms with Crippen LogP contribution in [-0.2, 0) is 9.47 Å². The summed E-state index contributed by atoms with van der Waals surface area (Å²) < 4.78 is 10.6. The summed E-state index contributed by atoms with van der Waals surface area (Å²) >= 11 is 0. The summed E-state index contributed by atoms with van der Waals surface area (Å²) in [5.41, 5.74) is 0.438. The van der Waals surface area contributed by atoms with Gasteiger partial charge in [0.25, 0.3) is 0 Å². The Balaban J connectivity index is 1.93. The van der Waals surface area contributed by atoms with Crippen molar-refractivity contribution in [3.05, 3.63) is 0 Å². The van der Waals surface area contributed by atoms with Gasteiger partial charge in [-0.05, 0) is 43.4 Å². The molecule has 1 saturated carbocycles. The monoisotopic (exact) mass is 287 g/mol. The van der Waals surface area contributed by atoms with E-state index in [1.54, 1.807) is 7.11 Å². The van der Waals surface area contributed by atoms with Crippen LogP contribution in [0.5, 0.6) is 0 Å². The molecule has 1 aliphatic carbocycles. The van der Waals surface area contributed by atoms with E-state index < -0.39 is 6.10 Å². The molecular weight excluding hydrogens is 254 g/mol. The Morgan fingerprint density at radius 1 is 1.25 bits per heavy atom. The van der Waals surface area contributed by atoms with Crippen LogP contribution in [0.4, 0.5) is 0 Å². The zero-order valence-corrected chi connectivity index (χ0v) is 13.5. The molecule has 0 aromatic heterocycles. The predicted molar refractivity (Wildman–Crippen MR) is 81.9 cm³/mol. The molecule has 2 N–H and O–H groups in total. The molecule has 0 aliphatic heterocycles. The maximum Gasteiger partial charge on any atom is 0.0897 e. The highest BCUT2D eigenvalue weighted by molar-refractivity contribution is 4.94. The van der Waals surface area contributed by atoms with Gasteiger partial charge in [-0.25, -0.2) is 0 Å². The molecule has 1 unspecified atom stereocenters. The van der Waals surface area contributed by atoms with Crippen LogP contribution in [-0.4, -0.2) is 51.2 Å². The van der Waals surface area contributed by atoms with Gasteiger partial charge in [-0.3, -0.25) is 0 Å². The number of hydrogen-bond donors (Lipinski definition) is 2. The second-order valence-corrected chi connectivity index (χ2v) is 6.64. The molecule has 4 heteroatoms. The standard InChI is InChI=1S/C16H33NO3/c1-14(2)5-4-9-20-12-15(18)11-17-13-16(6-7-16)8-10-19-3/h14-15,17-18H,4-13H2,1-3H3. The first-order valence-corrected chi connectivity index (χ1v) is 8.03. The molecule has 0 spiro atoms. The van der Waals surface area contributed by atoms with E-state index in [1.165, 1.54) is 19.3 Å². The maximum atomic E-state index is 9.84. The molecule has 0 radical (unpaired) electrons. The fourth-order valence-corrected chi connectivity index (χ4v) is 2.39. The molecule has 0 saturated heterocycles. The molecule has 0 amide bonds. The average molecular weight is 287 g/mol. The van der Waals surface area contributed by atoms with Crippen molar-refractivity contribution < 1.29 is 14.6 Å². The van der Waals surface area contributed by atoms with E-state index in [0.717, 1.165) is 38.5 Å². The van der Waals surface area contributed by atoms with Gasteiger partial charge in [0.1, 0.15) is 0 Å². The zero-order chi connectivity index (χ0) is 14.8. The Kier molecular flexibility index (Phi) is 8.69. The zero-order valence-electron chi connectivity index (χ0n) is 13.5. The lowest BCUT2D eigenvalue weighted by Crippen LogP contribution is -2.34. The second kappa shape index (κ2) is 9.72. The highest BCUT2D eigenvalue weighted by Crippen LogP contribution is 2.48. The van der Waals surface area contributed by atoms with Gasteiger partial charge >= 0.3 is 0 Å².